The zero-order valence-corrected chi connectivity index (χ0v) is 20.6. The second-order valence-electron chi connectivity index (χ2n) is 8.14. The first-order valence-electron chi connectivity index (χ1n) is 10.6. The molecular formula is C23H26ClN3O3S2. The predicted molar refractivity (Wildman–Crippen MR) is 131 cm³/mol. The molecule has 0 atom stereocenters. The molecule has 6 nitrogen and oxygen atoms in total. The van der Waals surface area contributed by atoms with Crippen molar-refractivity contribution in [3.63, 3.8) is 0 Å². The molecule has 1 saturated heterocycles. The third-order valence-corrected chi connectivity index (χ3v) is 9.17. The van der Waals surface area contributed by atoms with Crippen LogP contribution in [0.1, 0.15) is 24.0 Å². The van der Waals surface area contributed by atoms with Crippen molar-refractivity contribution in [2.24, 2.45) is 0 Å². The molecular weight excluding hydrogens is 466 g/mol. The lowest BCUT2D eigenvalue weighted by molar-refractivity contribution is -0.131. The molecule has 0 bridgehead atoms. The number of carbonyl (C=O) groups is 1. The summed E-state index contributed by atoms with van der Waals surface area (Å²) in [5.41, 5.74) is 3.05. The molecule has 1 aromatic heterocycles. The fourth-order valence-electron chi connectivity index (χ4n) is 3.81. The number of nitrogens with zero attached hydrogens (tertiary/aromatic N) is 3. The van der Waals surface area contributed by atoms with E-state index in [0.29, 0.717) is 42.5 Å². The molecule has 1 fully saturated rings. The molecule has 4 rings (SSSR count). The summed E-state index contributed by atoms with van der Waals surface area (Å²) in [5, 5.41) is 1.64. The molecule has 0 aliphatic carbocycles. The number of sulfone groups is 1. The van der Waals surface area contributed by atoms with Gasteiger partial charge >= 0.3 is 0 Å². The van der Waals surface area contributed by atoms with Crippen molar-refractivity contribution in [3.05, 3.63) is 52.5 Å². The van der Waals surface area contributed by atoms with Crippen molar-refractivity contribution in [1.29, 1.82) is 0 Å². The lowest BCUT2D eigenvalue weighted by Gasteiger charge is -2.34. The first-order valence-corrected chi connectivity index (χ1v) is 13.5. The van der Waals surface area contributed by atoms with Crippen molar-refractivity contribution in [2.45, 2.75) is 31.6 Å². The highest BCUT2D eigenvalue weighted by Gasteiger charge is 2.24. The van der Waals surface area contributed by atoms with E-state index in [0.717, 1.165) is 26.5 Å². The fraction of sp³-hybridized carbons (Fsp3) is 0.391. The standard InChI is InChI=1S/C23H26ClN3O3S2/c1-16-5-8-18(9-6-16)32(29,30)15-3-4-20(28)26-11-13-27(14-12-26)23-25-21-17(2)7-10-19(24)22(21)31-23/h5-10H,3-4,11-15H2,1-2H3. The Morgan fingerprint density at radius 3 is 2.41 bits per heavy atom. The number of halogens is 1. The van der Waals surface area contributed by atoms with Crippen LogP contribution in [0.15, 0.2) is 41.3 Å². The number of fused-ring (bicyclic) bond motifs is 1. The van der Waals surface area contributed by atoms with Gasteiger partial charge in [-0.15, -0.1) is 0 Å². The summed E-state index contributed by atoms with van der Waals surface area (Å²) in [6, 6.07) is 10.7. The first-order chi connectivity index (χ1) is 15.2. The van der Waals surface area contributed by atoms with E-state index in [2.05, 4.69) is 4.90 Å². The Balaban J connectivity index is 1.30. The SMILES string of the molecule is Cc1ccc(S(=O)(=O)CCCC(=O)N2CCN(c3nc4c(C)ccc(Cl)c4s3)CC2)cc1. The monoisotopic (exact) mass is 491 g/mol. The zero-order chi connectivity index (χ0) is 22.9. The molecule has 32 heavy (non-hydrogen) atoms. The second-order valence-corrected chi connectivity index (χ2v) is 11.6. The number of aromatic nitrogens is 1. The van der Waals surface area contributed by atoms with E-state index >= 15 is 0 Å². The van der Waals surface area contributed by atoms with Gasteiger partial charge in [-0.2, -0.15) is 0 Å². The van der Waals surface area contributed by atoms with Crippen LogP contribution in [0, 0.1) is 13.8 Å². The molecule has 2 heterocycles. The average Bonchev–Trinajstić information content (AvgIpc) is 3.23. The Morgan fingerprint density at radius 2 is 1.75 bits per heavy atom. The van der Waals surface area contributed by atoms with Gasteiger partial charge in [-0.3, -0.25) is 4.79 Å². The van der Waals surface area contributed by atoms with E-state index in [4.69, 9.17) is 16.6 Å². The summed E-state index contributed by atoms with van der Waals surface area (Å²) >= 11 is 7.91. The molecule has 170 valence electrons. The highest BCUT2D eigenvalue weighted by atomic mass is 35.5. The maximum absolute atomic E-state index is 12.6. The van der Waals surface area contributed by atoms with Gasteiger partial charge in [0.15, 0.2) is 15.0 Å². The lowest BCUT2D eigenvalue weighted by Crippen LogP contribution is -2.48. The van der Waals surface area contributed by atoms with Gasteiger partial charge in [0.25, 0.3) is 0 Å². The van der Waals surface area contributed by atoms with Crippen LogP contribution in [0.5, 0.6) is 0 Å². The molecule has 1 aliphatic heterocycles. The molecule has 0 spiro atoms. The van der Waals surface area contributed by atoms with Crippen LogP contribution in [-0.2, 0) is 14.6 Å². The first kappa shape index (κ1) is 23.0. The van der Waals surface area contributed by atoms with Crippen molar-refractivity contribution in [3.8, 4) is 0 Å². The number of piperazine rings is 1. The number of carbonyl (C=O) groups excluding carboxylic acids is 1. The maximum Gasteiger partial charge on any atom is 0.222 e. The number of anilines is 1. The van der Waals surface area contributed by atoms with Crippen LogP contribution in [-0.4, -0.2) is 56.1 Å². The summed E-state index contributed by atoms with van der Waals surface area (Å²) in [6.45, 7) is 6.55. The highest BCUT2D eigenvalue weighted by molar-refractivity contribution is 7.91. The summed E-state index contributed by atoms with van der Waals surface area (Å²) in [4.78, 5) is 21.7. The highest BCUT2D eigenvalue weighted by Crippen LogP contribution is 2.35. The van der Waals surface area contributed by atoms with Crippen molar-refractivity contribution >= 4 is 54.0 Å². The summed E-state index contributed by atoms with van der Waals surface area (Å²) < 4.78 is 25.9. The molecule has 2 aromatic carbocycles. The number of rotatable bonds is 6. The third kappa shape index (κ3) is 4.92. The normalized spacial score (nSPS) is 14.8. The molecule has 1 aliphatic rings. The number of thiazole rings is 1. The van der Waals surface area contributed by atoms with Crippen LogP contribution in [0.4, 0.5) is 5.13 Å². The molecule has 0 saturated carbocycles. The van der Waals surface area contributed by atoms with Crippen molar-refractivity contribution < 1.29 is 13.2 Å². The Hall–Kier alpha value is -2.16. The topological polar surface area (TPSA) is 70.6 Å². The predicted octanol–water partition coefficient (Wildman–Crippen LogP) is 4.47. The van der Waals surface area contributed by atoms with E-state index in [9.17, 15) is 13.2 Å². The van der Waals surface area contributed by atoms with Gasteiger partial charge in [0.05, 0.1) is 25.9 Å². The number of amides is 1. The lowest BCUT2D eigenvalue weighted by atomic mass is 10.2. The van der Waals surface area contributed by atoms with Gasteiger partial charge in [-0.25, -0.2) is 13.4 Å². The molecule has 3 aromatic rings. The minimum atomic E-state index is -3.36. The minimum absolute atomic E-state index is 0.00643. The largest absolute Gasteiger partial charge is 0.345 e. The molecule has 0 unspecified atom stereocenters. The number of hydrogen-bond acceptors (Lipinski definition) is 6. The van der Waals surface area contributed by atoms with Crippen LogP contribution >= 0.6 is 22.9 Å². The van der Waals surface area contributed by atoms with E-state index < -0.39 is 9.84 Å². The molecule has 0 N–H and O–H groups in total. The maximum atomic E-state index is 12.6. The smallest absolute Gasteiger partial charge is 0.222 e. The Kier molecular flexibility index (Phi) is 6.74. The van der Waals surface area contributed by atoms with E-state index in [1.54, 1.807) is 35.6 Å². The van der Waals surface area contributed by atoms with E-state index in [-0.39, 0.29) is 18.1 Å². The number of hydrogen-bond donors (Lipinski definition) is 0. The summed E-state index contributed by atoms with van der Waals surface area (Å²) in [5.74, 6) is -0.0138. The Bertz CT molecular complexity index is 1190. The van der Waals surface area contributed by atoms with E-state index in [1.807, 2.05) is 30.9 Å². The van der Waals surface area contributed by atoms with Crippen LogP contribution in [0.25, 0.3) is 10.2 Å². The van der Waals surface area contributed by atoms with E-state index in [1.165, 1.54) is 0 Å². The minimum Gasteiger partial charge on any atom is -0.345 e. The average molecular weight is 492 g/mol. The van der Waals surface area contributed by atoms with Crippen LogP contribution in [0.3, 0.4) is 0 Å². The van der Waals surface area contributed by atoms with Gasteiger partial charge < -0.3 is 9.80 Å². The molecule has 9 heteroatoms. The second kappa shape index (κ2) is 9.37. The number of aryl methyl sites for hydroxylation is 2. The van der Waals surface area contributed by atoms with Gasteiger partial charge in [0, 0.05) is 32.6 Å². The third-order valence-electron chi connectivity index (χ3n) is 5.77. The van der Waals surface area contributed by atoms with Crippen LogP contribution < -0.4 is 4.90 Å². The fourth-order valence-corrected chi connectivity index (χ4v) is 6.49. The quantitative estimate of drug-likeness (QED) is 0.508. The molecule has 0 radical (unpaired) electrons. The summed E-state index contributed by atoms with van der Waals surface area (Å²) in [7, 11) is -3.36. The van der Waals surface area contributed by atoms with Gasteiger partial charge in [-0.05, 0) is 44.0 Å². The van der Waals surface area contributed by atoms with Crippen LogP contribution in [0.2, 0.25) is 5.02 Å². The Morgan fingerprint density at radius 1 is 1.06 bits per heavy atom. The Labute approximate surface area is 197 Å². The van der Waals surface area contributed by atoms with Gasteiger partial charge in [0.1, 0.15) is 0 Å². The van der Waals surface area contributed by atoms with Gasteiger partial charge in [-0.1, -0.05) is 46.7 Å². The zero-order valence-electron chi connectivity index (χ0n) is 18.2. The van der Waals surface area contributed by atoms with Crippen molar-refractivity contribution in [2.75, 3.05) is 36.8 Å². The summed E-state index contributed by atoms with van der Waals surface area (Å²) in [6.07, 6.45) is 0.561. The molecule has 1 amide bonds. The number of benzene rings is 2. The van der Waals surface area contributed by atoms with Gasteiger partial charge in [0.2, 0.25) is 5.91 Å². The van der Waals surface area contributed by atoms with Crippen molar-refractivity contribution in [1.82, 2.24) is 9.88 Å².